The summed E-state index contributed by atoms with van der Waals surface area (Å²) in [6.07, 6.45) is 8.03. The van der Waals surface area contributed by atoms with Crippen LogP contribution in [0.15, 0.2) is 47.1 Å². The van der Waals surface area contributed by atoms with E-state index in [9.17, 15) is 9.59 Å². The highest BCUT2D eigenvalue weighted by molar-refractivity contribution is 5.84. The van der Waals surface area contributed by atoms with E-state index in [4.69, 9.17) is 19.7 Å². The molecule has 0 bridgehead atoms. The number of aliphatic carboxylic acids is 2. The third-order valence-electron chi connectivity index (χ3n) is 4.72. The Hall–Kier alpha value is -2.18. The van der Waals surface area contributed by atoms with Crippen molar-refractivity contribution in [2.24, 2.45) is 0 Å². The van der Waals surface area contributed by atoms with Crippen molar-refractivity contribution in [1.82, 2.24) is 0 Å². The first-order chi connectivity index (χ1) is 13.6. The van der Waals surface area contributed by atoms with Gasteiger partial charge in [-0.25, -0.2) is 9.59 Å². The Kier molecular flexibility index (Phi) is 10.6. The average molecular weight is 407 g/mol. The summed E-state index contributed by atoms with van der Waals surface area (Å²) in [6, 6.07) is 0. The number of carboxylic acid groups (broad SMARTS) is 2. The fourth-order valence-corrected chi connectivity index (χ4v) is 2.97. The van der Waals surface area contributed by atoms with E-state index >= 15 is 0 Å². The molecule has 0 aromatic rings. The van der Waals surface area contributed by atoms with Crippen molar-refractivity contribution in [3.05, 3.63) is 47.1 Å². The average Bonchev–Trinajstić information content (AvgIpc) is 3.07. The van der Waals surface area contributed by atoms with Crippen LogP contribution in [0.1, 0.15) is 66.2 Å². The molecule has 6 heteroatoms. The van der Waals surface area contributed by atoms with E-state index < -0.39 is 30.4 Å². The zero-order chi connectivity index (χ0) is 22.0. The Morgan fingerprint density at radius 1 is 0.793 bits per heavy atom. The first-order valence-corrected chi connectivity index (χ1v) is 10.0. The van der Waals surface area contributed by atoms with Crippen LogP contribution in [-0.2, 0) is 19.1 Å². The van der Waals surface area contributed by atoms with Crippen molar-refractivity contribution in [3.63, 3.8) is 0 Å². The molecule has 6 nitrogen and oxygen atoms in total. The van der Waals surface area contributed by atoms with Gasteiger partial charge in [-0.15, -0.1) is 0 Å². The summed E-state index contributed by atoms with van der Waals surface area (Å²) in [5.41, 5.74) is 4.56. The topological polar surface area (TPSA) is 93.1 Å². The van der Waals surface area contributed by atoms with Crippen LogP contribution in [0, 0.1) is 0 Å². The summed E-state index contributed by atoms with van der Waals surface area (Å²) in [7, 11) is 0. The van der Waals surface area contributed by atoms with Crippen LogP contribution in [0.25, 0.3) is 0 Å². The Morgan fingerprint density at radius 2 is 1.21 bits per heavy atom. The maximum Gasteiger partial charge on any atom is 0.336 e. The largest absolute Gasteiger partial charge is 0.479 e. The summed E-state index contributed by atoms with van der Waals surface area (Å²) < 4.78 is 10.4. The molecule has 0 amide bonds. The highest BCUT2D eigenvalue weighted by Gasteiger charge is 2.46. The van der Waals surface area contributed by atoms with Crippen LogP contribution in [0.3, 0.4) is 0 Å². The predicted molar refractivity (Wildman–Crippen MR) is 113 cm³/mol. The fourth-order valence-electron chi connectivity index (χ4n) is 2.97. The molecular formula is C23H34O6. The number of carbonyl (C=O) groups is 2. The summed E-state index contributed by atoms with van der Waals surface area (Å²) >= 11 is 0. The van der Waals surface area contributed by atoms with Crippen molar-refractivity contribution >= 4 is 11.9 Å². The van der Waals surface area contributed by atoms with Gasteiger partial charge in [-0.05, 0) is 71.8 Å². The Morgan fingerprint density at radius 3 is 1.62 bits per heavy atom. The molecule has 0 spiro atoms. The molecule has 1 rings (SSSR count). The summed E-state index contributed by atoms with van der Waals surface area (Å²) in [4.78, 5) is 22.2. The standard InChI is InChI=1S/C23H34O6/c1-15(2)9-6-10-16(3)11-7-12-17(4)13-8-14-18(5)23-28-19(21(24)25)20(29-23)22(26)27/h9,11,13,19-20,23H,5-8,10,12,14H2,1-4H3,(H,24,25)(H,26,27)/t19-,20-/m0/s1. The van der Waals surface area contributed by atoms with Gasteiger partial charge in [0.25, 0.3) is 0 Å². The summed E-state index contributed by atoms with van der Waals surface area (Å²) in [6.45, 7) is 12.3. The third kappa shape index (κ3) is 9.24. The fraction of sp³-hybridized carbons (Fsp3) is 0.565. The lowest BCUT2D eigenvalue weighted by Gasteiger charge is -2.12. The van der Waals surface area contributed by atoms with Crippen LogP contribution < -0.4 is 0 Å². The molecule has 2 N–H and O–H groups in total. The molecular weight excluding hydrogens is 372 g/mol. The maximum atomic E-state index is 11.1. The molecule has 162 valence electrons. The highest BCUT2D eigenvalue weighted by atomic mass is 16.7. The lowest BCUT2D eigenvalue weighted by Crippen LogP contribution is -2.36. The Balaban J connectivity index is 2.38. The lowest BCUT2D eigenvalue weighted by atomic mass is 10.0. The number of rotatable bonds is 12. The van der Waals surface area contributed by atoms with Crippen LogP contribution in [0.5, 0.6) is 0 Å². The molecule has 1 fully saturated rings. The first-order valence-electron chi connectivity index (χ1n) is 10.0. The Bertz CT molecular complexity index is 659. The van der Waals surface area contributed by atoms with E-state index in [2.05, 4.69) is 52.5 Å². The van der Waals surface area contributed by atoms with Gasteiger partial charge in [-0.1, -0.05) is 41.5 Å². The second-order valence-corrected chi connectivity index (χ2v) is 7.78. The van der Waals surface area contributed by atoms with E-state index in [1.807, 2.05) is 0 Å². The van der Waals surface area contributed by atoms with Gasteiger partial charge in [0.1, 0.15) is 0 Å². The molecule has 1 aliphatic rings. The zero-order valence-corrected chi connectivity index (χ0v) is 17.9. The highest BCUT2D eigenvalue weighted by Crippen LogP contribution is 2.26. The quantitative estimate of drug-likeness (QED) is 0.442. The van der Waals surface area contributed by atoms with E-state index in [0.29, 0.717) is 18.4 Å². The van der Waals surface area contributed by atoms with Gasteiger partial charge in [-0.3, -0.25) is 0 Å². The minimum absolute atomic E-state index is 0.540. The minimum Gasteiger partial charge on any atom is -0.479 e. The summed E-state index contributed by atoms with van der Waals surface area (Å²) in [5, 5.41) is 18.1. The van der Waals surface area contributed by atoms with Crippen LogP contribution >= 0.6 is 0 Å². The van der Waals surface area contributed by atoms with E-state index in [-0.39, 0.29) is 0 Å². The molecule has 2 atom stereocenters. The van der Waals surface area contributed by atoms with Gasteiger partial charge in [0, 0.05) is 0 Å². The predicted octanol–water partition coefficient (Wildman–Crippen LogP) is 5.02. The number of hydrogen-bond acceptors (Lipinski definition) is 4. The SMILES string of the molecule is C=C(CCC=C(C)CCC=C(C)CCC=C(C)C)C1O[C@H](C(=O)O)[C@@H](C(=O)O)O1. The van der Waals surface area contributed by atoms with Crippen molar-refractivity contribution in [1.29, 1.82) is 0 Å². The number of carboxylic acids is 2. The van der Waals surface area contributed by atoms with E-state index in [0.717, 1.165) is 25.7 Å². The minimum atomic E-state index is -1.52. The van der Waals surface area contributed by atoms with Gasteiger partial charge >= 0.3 is 11.9 Å². The van der Waals surface area contributed by atoms with Crippen molar-refractivity contribution in [2.75, 3.05) is 0 Å². The Labute approximate surface area is 173 Å². The smallest absolute Gasteiger partial charge is 0.336 e. The molecule has 29 heavy (non-hydrogen) atoms. The first kappa shape index (κ1) is 24.9. The van der Waals surface area contributed by atoms with Crippen LogP contribution in [-0.4, -0.2) is 40.6 Å². The van der Waals surface area contributed by atoms with Crippen LogP contribution in [0.2, 0.25) is 0 Å². The molecule has 0 aromatic heterocycles. The number of hydrogen-bond donors (Lipinski definition) is 2. The molecule has 0 unspecified atom stereocenters. The monoisotopic (exact) mass is 406 g/mol. The normalized spacial score (nSPS) is 20.6. The maximum absolute atomic E-state index is 11.1. The van der Waals surface area contributed by atoms with Gasteiger partial charge in [0.15, 0.2) is 18.5 Å². The van der Waals surface area contributed by atoms with Crippen molar-refractivity contribution < 1.29 is 29.3 Å². The lowest BCUT2D eigenvalue weighted by molar-refractivity contribution is -0.156. The molecule has 0 aliphatic carbocycles. The molecule has 0 aromatic carbocycles. The zero-order valence-electron chi connectivity index (χ0n) is 17.9. The van der Waals surface area contributed by atoms with Crippen molar-refractivity contribution in [2.45, 2.75) is 84.7 Å². The van der Waals surface area contributed by atoms with Gasteiger partial charge in [0.05, 0.1) is 0 Å². The van der Waals surface area contributed by atoms with Gasteiger partial charge in [0.2, 0.25) is 0 Å². The molecule has 0 saturated carbocycles. The van der Waals surface area contributed by atoms with Crippen molar-refractivity contribution in [3.8, 4) is 0 Å². The third-order valence-corrected chi connectivity index (χ3v) is 4.72. The van der Waals surface area contributed by atoms with Gasteiger partial charge in [-0.2, -0.15) is 0 Å². The van der Waals surface area contributed by atoms with E-state index in [1.54, 1.807) is 0 Å². The van der Waals surface area contributed by atoms with Crippen LogP contribution in [0.4, 0.5) is 0 Å². The second kappa shape index (κ2) is 12.4. The second-order valence-electron chi connectivity index (χ2n) is 7.78. The molecule has 1 saturated heterocycles. The van der Waals surface area contributed by atoms with Gasteiger partial charge < -0.3 is 19.7 Å². The molecule has 0 radical (unpaired) electrons. The number of allylic oxidation sites excluding steroid dienone is 6. The molecule has 1 aliphatic heterocycles. The van der Waals surface area contributed by atoms with E-state index in [1.165, 1.54) is 16.7 Å². The molecule has 1 heterocycles. The number of ether oxygens (including phenoxy) is 2. The summed E-state index contributed by atoms with van der Waals surface area (Å²) in [5.74, 6) is -2.71.